The van der Waals surface area contributed by atoms with E-state index in [9.17, 15) is 9.90 Å². The molecular weight excluding hydrogens is 216 g/mol. The van der Waals surface area contributed by atoms with Crippen molar-refractivity contribution in [2.75, 3.05) is 12.3 Å². The van der Waals surface area contributed by atoms with Crippen molar-refractivity contribution in [1.29, 1.82) is 0 Å². The number of anilines is 1. The highest BCUT2D eigenvalue weighted by Gasteiger charge is 2.19. The topological polar surface area (TPSA) is 66.6 Å². The van der Waals surface area contributed by atoms with Crippen LogP contribution >= 0.6 is 0 Å². The molecule has 0 atom stereocenters. The van der Waals surface area contributed by atoms with Gasteiger partial charge in [-0.05, 0) is 32.0 Å². The fourth-order valence-electron chi connectivity index (χ4n) is 1.55. The van der Waals surface area contributed by atoms with Crippen LogP contribution in [0.2, 0.25) is 0 Å². The molecule has 0 saturated carbocycles. The average molecular weight is 234 g/mol. The maximum atomic E-state index is 12.2. The lowest BCUT2D eigenvalue weighted by Crippen LogP contribution is -2.37. The molecule has 92 valence electrons. The standard InChI is InChI=1S/C13H18N2O2/c1-4-7-15(9(2)3)13(17)11-8-10(16)5-6-12(11)14/h4-6,8-9,16H,1,7,14H2,2-3H3. The van der Waals surface area contributed by atoms with E-state index >= 15 is 0 Å². The van der Waals surface area contributed by atoms with Gasteiger partial charge in [0.25, 0.3) is 5.91 Å². The van der Waals surface area contributed by atoms with Crippen LogP contribution in [0.25, 0.3) is 0 Å². The van der Waals surface area contributed by atoms with Crippen molar-refractivity contribution >= 4 is 11.6 Å². The molecule has 0 aliphatic rings. The summed E-state index contributed by atoms with van der Waals surface area (Å²) in [4.78, 5) is 13.9. The largest absolute Gasteiger partial charge is 0.508 e. The number of phenolic OH excluding ortho intramolecular Hbond substituents is 1. The summed E-state index contributed by atoms with van der Waals surface area (Å²) in [6.45, 7) is 7.91. The highest BCUT2D eigenvalue weighted by Crippen LogP contribution is 2.21. The Bertz CT molecular complexity index is 427. The quantitative estimate of drug-likeness (QED) is 0.476. The second kappa shape index (κ2) is 5.39. The number of carbonyl (C=O) groups excluding carboxylic acids is 1. The van der Waals surface area contributed by atoms with Crippen LogP contribution in [0.5, 0.6) is 5.75 Å². The molecule has 1 aromatic rings. The van der Waals surface area contributed by atoms with Gasteiger partial charge in [-0.25, -0.2) is 0 Å². The van der Waals surface area contributed by atoms with Crippen LogP contribution in [0.1, 0.15) is 24.2 Å². The number of hydrogen-bond donors (Lipinski definition) is 2. The van der Waals surface area contributed by atoms with E-state index in [1.807, 2.05) is 13.8 Å². The van der Waals surface area contributed by atoms with E-state index in [1.165, 1.54) is 18.2 Å². The summed E-state index contributed by atoms with van der Waals surface area (Å²) >= 11 is 0. The van der Waals surface area contributed by atoms with Crippen molar-refractivity contribution in [3.63, 3.8) is 0 Å². The lowest BCUT2D eigenvalue weighted by Gasteiger charge is -2.26. The van der Waals surface area contributed by atoms with Gasteiger partial charge >= 0.3 is 0 Å². The summed E-state index contributed by atoms with van der Waals surface area (Å²) in [6.07, 6.45) is 1.66. The number of nitrogens with zero attached hydrogens (tertiary/aromatic N) is 1. The molecule has 0 radical (unpaired) electrons. The van der Waals surface area contributed by atoms with Gasteiger partial charge in [0.15, 0.2) is 0 Å². The number of amides is 1. The van der Waals surface area contributed by atoms with Crippen molar-refractivity contribution in [1.82, 2.24) is 4.90 Å². The van der Waals surface area contributed by atoms with Crippen LogP contribution in [0, 0.1) is 0 Å². The molecule has 0 heterocycles. The molecule has 3 N–H and O–H groups in total. The Morgan fingerprint density at radius 1 is 1.59 bits per heavy atom. The molecular formula is C13H18N2O2. The number of carbonyl (C=O) groups is 1. The predicted molar refractivity (Wildman–Crippen MR) is 68.9 cm³/mol. The first-order valence-corrected chi connectivity index (χ1v) is 5.47. The summed E-state index contributed by atoms with van der Waals surface area (Å²) in [6, 6.07) is 4.41. The predicted octanol–water partition coefficient (Wildman–Crippen LogP) is 2.01. The Balaban J connectivity index is 3.08. The first kappa shape index (κ1) is 13.1. The smallest absolute Gasteiger partial charge is 0.256 e. The first-order valence-electron chi connectivity index (χ1n) is 5.47. The van der Waals surface area contributed by atoms with Crippen LogP contribution in [0.15, 0.2) is 30.9 Å². The fourth-order valence-corrected chi connectivity index (χ4v) is 1.55. The van der Waals surface area contributed by atoms with E-state index in [-0.39, 0.29) is 17.7 Å². The number of phenols is 1. The van der Waals surface area contributed by atoms with Crippen LogP contribution < -0.4 is 5.73 Å². The Morgan fingerprint density at radius 3 is 2.76 bits per heavy atom. The van der Waals surface area contributed by atoms with Gasteiger partial charge in [-0.1, -0.05) is 6.08 Å². The molecule has 0 aromatic heterocycles. The molecule has 0 aliphatic heterocycles. The minimum absolute atomic E-state index is 0.0323. The van der Waals surface area contributed by atoms with Crippen molar-refractivity contribution in [2.45, 2.75) is 19.9 Å². The SMILES string of the molecule is C=CCN(C(=O)c1cc(O)ccc1N)C(C)C. The number of aromatic hydroxyl groups is 1. The van der Waals surface area contributed by atoms with Crippen molar-refractivity contribution < 1.29 is 9.90 Å². The van der Waals surface area contributed by atoms with E-state index in [2.05, 4.69) is 6.58 Å². The van der Waals surface area contributed by atoms with Gasteiger partial charge in [0.2, 0.25) is 0 Å². The van der Waals surface area contributed by atoms with Crippen LogP contribution in [-0.2, 0) is 0 Å². The normalized spacial score (nSPS) is 10.3. The monoisotopic (exact) mass is 234 g/mol. The van der Waals surface area contributed by atoms with E-state index < -0.39 is 0 Å². The molecule has 0 saturated heterocycles. The van der Waals surface area contributed by atoms with Crippen molar-refractivity contribution in [3.8, 4) is 5.75 Å². The summed E-state index contributed by atoms with van der Waals surface area (Å²) in [7, 11) is 0. The maximum absolute atomic E-state index is 12.2. The zero-order valence-corrected chi connectivity index (χ0v) is 10.2. The van der Waals surface area contributed by atoms with Gasteiger partial charge in [-0.2, -0.15) is 0 Å². The molecule has 0 fully saturated rings. The molecule has 0 spiro atoms. The van der Waals surface area contributed by atoms with E-state index in [0.717, 1.165) is 0 Å². The third-order valence-corrected chi connectivity index (χ3v) is 2.48. The van der Waals surface area contributed by atoms with E-state index in [1.54, 1.807) is 11.0 Å². The van der Waals surface area contributed by atoms with Gasteiger partial charge in [-0.3, -0.25) is 4.79 Å². The number of hydrogen-bond acceptors (Lipinski definition) is 3. The van der Waals surface area contributed by atoms with Gasteiger partial charge < -0.3 is 15.7 Å². The zero-order valence-electron chi connectivity index (χ0n) is 10.2. The van der Waals surface area contributed by atoms with Gasteiger partial charge in [-0.15, -0.1) is 6.58 Å². The molecule has 0 aliphatic carbocycles. The number of nitrogens with two attached hydrogens (primary N) is 1. The third kappa shape index (κ3) is 3.00. The van der Waals surface area contributed by atoms with Crippen LogP contribution in [-0.4, -0.2) is 28.5 Å². The zero-order chi connectivity index (χ0) is 13.0. The molecule has 1 aromatic carbocycles. The highest BCUT2D eigenvalue weighted by molar-refractivity contribution is 5.99. The average Bonchev–Trinajstić information content (AvgIpc) is 2.28. The van der Waals surface area contributed by atoms with E-state index in [0.29, 0.717) is 17.8 Å². The molecule has 17 heavy (non-hydrogen) atoms. The third-order valence-electron chi connectivity index (χ3n) is 2.48. The Kier molecular flexibility index (Phi) is 4.15. The highest BCUT2D eigenvalue weighted by atomic mass is 16.3. The van der Waals surface area contributed by atoms with Crippen molar-refractivity contribution in [3.05, 3.63) is 36.4 Å². The fraction of sp³-hybridized carbons (Fsp3) is 0.308. The maximum Gasteiger partial charge on any atom is 0.256 e. The second-order valence-corrected chi connectivity index (χ2v) is 4.11. The van der Waals surface area contributed by atoms with Crippen LogP contribution in [0.3, 0.4) is 0 Å². The minimum atomic E-state index is -0.201. The van der Waals surface area contributed by atoms with Gasteiger partial charge in [0.05, 0.1) is 5.56 Å². The van der Waals surface area contributed by atoms with Gasteiger partial charge in [0, 0.05) is 18.3 Å². The number of benzene rings is 1. The molecule has 4 nitrogen and oxygen atoms in total. The number of nitrogen functional groups attached to an aromatic ring is 1. The Labute approximate surface area is 101 Å². The summed E-state index contributed by atoms with van der Waals surface area (Å²) in [5.74, 6) is -0.168. The molecule has 1 rings (SSSR count). The van der Waals surface area contributed by atoms with Gasteiger partial charge in [0.1, 0.15) is 5.75 Å². The minimum Gasteiger partial charge on any atom is -0.508 e. The molecule has 0 unspecified atom stereocenters. The molecule has 0 bridgehead atoms. The lowest BCUT2D eigenvalue weighted by molar-refractivity contribution is 0.0729. The number of rotatable bonds is 4. The van der Waals surface area contributed by atoms with E-state index in [4.69, 9.17) is 5.73 Å². The molecule has 1 amide bonds. The van der Waals surface area contributed by atoms with Crippen molar-refractivity contribution in [2.24, 2.45) is 0 Å². The Hall–Kier alpha value is -1.97. The first-order chi connectivity index (χ1) is 7.97. The second-order valence-electron chi connectivity index (χ2n) is 4.11. The summed E-state index contributed by atoms with van der Waals surface area (Å²) in [5.41, 5.74) is 6.42. The lowest BCUT2D eigenvalue weighted by atomic mass is 10.1. The summed E-state index contributed by atoms with van der Waals surface area (Å²) < 4.78 is 0. The summed E-state index contributed by atoms with van der Waals surface area (Å²) in [5, 5.41) is 9.39. The molecule has 4 heteroatoms. The van der Waals surface area contributed by atoms with Crippen LogP contribution in [0.4, 0.5) is 5.69 Å². The Morgan fingerprint density at radius 2 is 2.24 bits per heavy atom.